The van der Waals surface area contributed by atoms with Crippen molar-refractivity contribution in [1.82, 2.24) is 10.2 Å². The lowest BCUT2D eigenvalue weighted by molar-refractivity contribution is 0.0301. The fraction of sp³-hybridized carbons (Fsp3) is 0.647. The van der Waals surface area contributed by atoms with Gasteiger partial charge >= 0.3 is 0 Å². The Hall–Kier alpha value is -0.610. The fourth-order valence-corrected chi connectivity index (χ4v) is 3.17. The lowest BCUT2D eigenvalue weighted by atomic mass is 10.0. The van der Waals surface area contributed by atoms with Gasteiger partial charge in [-0.1, -0.05) is 30.7 Å². The van der Waals surface area contributed by atoms with E-state index in [0.717, 1.165) is 31.1 Å². The molecule has 0 aromatic heterocycles. The molecule has 1 fully saturated rings. The maximum absolute atomic E-state index is 5.98. The molecule has 4 heteroatoms. The van der Waals surface area contributed by atoms with Crippen molar-refractivity contribution in [3.05, 3.63) is 34.9 Å². The Balaban J connectivity index is 1.89. The van der Waals surface area contributed by atoms with Gasteiger partial charge in [-0.2, -0.15) is 0 Å². The van der Waals surface area contributed by atoms with Crippen LogP contribution in [-0.4, -0.2) is 44.3 Å². The van der Waals surface area contributed by atoms with Gasteiger partial charge in [0, 0.05) is 31.3 Å². The number of hydrogen-bond acceptors (Lipinski definition) is 3. The highest BCUT2D eigenvalue weighted by Gasteiger charge is 2.20. The number of methoxy groups -OCH3 is 1. The summed E-state index contributed by atoms with van der Waals surface area (Å²) in [6.45, 7) is 6.51. The van der Waals surface area contributed by atoms with Crippen LogP contribution in [0.4, 0.5) is 0 Å². The zero-order valence-electron chi connectivity index (χ0n) is 13.1. The molecule has 2 atom stereocenters. The van der Waals surface area contributed by atoms with E-state index in [9.17, 15) is 0 Å². The first-order chi connectivity index (χ1) is 10.2. The van der Waals surface area contributed by atoms with Crippen LogP contribution in [0.2, 0.25) is 5.02 Å². The largest absolute Gasteiger partial charge is 0.380 e. The molecule has 0 aliphatic carbocycles. The van der Waals surface area contributed by atoms with E-state index in [1.54, 1.807) is 0 Å². The van der Waals surface area contributed by atoms with Gasteiger partial charge in [-0.3, -0.25) is 0 Å². The molecule has 1 heterocycles. The van der Waals surface area contributed by atoms with Gasteiger partial charge in [0.1, 0.15) is 0 Å². The average molecular weight is 311 g/mol. The number of hydrogen-bond donors (Lipinski definition) is 1. The monoisotopic (exact) mass is 310 g/mol. The Bertz CT molecular complexity index is 410. The van der Waals surface area contributed by atoms with Gasteiger partial charge in [-0.25, -0.2) is 0 Å². The van der Waals surface area contributed by atoms with E-state index >= 15 is 0 Å². The van der Waals surface area contributed by atoms with Gasteiger partial charge < -0.3 is 15.0 Å². The smallest absolute Gasteiger partial charge is 0.0698 e. The predicted molar refractivity (Wildman–Crippen MR) is 89.0 cm³/mol. The van der Waals surface area contributed by atoms with Crippen molar-refractivity contribution in [2.45, 2.75) is 38.3 Å². The second kappa shape index (κ2) is 8.74. The minimum atomic E-state index is 0.398. The summed E-state index contributed by atoms with van der Waals surface area (Å²) in [6.07, 6.45) is 3.96. The molecule has 1 aromatic rings. The molecule has 0 amide bonds. The van der Waals surface area contributed by atoms with Crippen LogP contribution in [-0.2, 0) is 4.74 Å². The molecule has 2 rings (SSSR count). The maximum Gasteiger partial charge on any atom is 0.0698 e. The third-order valence-electron chi connectivity index (χ3n) is 4.25. The predicted octanol–water partition coefficient (Wildman–Crippen LogP) is 3.49. The van der Waals surface area contributed by atoms with Gasteiger partial charge in [0.2, 0.25) is 0 Å². The Morgan fingerprint density at radius 3 is 2.81 bits per heavy atom. The number of nitrogens with one attached hydrogen (secondary N) is 1. The first kappa shape index (κ1) is 16.8. The highest BCUT2D eigenvalue weighted by atomic mass is 35.5. The van der Waals surface area contributed by atoms with Crippen LogP contribution in [0.5, 0.6) is 0 Å². The first-order valence-electron chi connectivity index (χ1n) is 7.97. The van der Waals surface area contributed by atoms with Gasteiger partial charge in [0.05, 0.1) is 6.10 Å². The van der Waals surface area contributed by atoms with Gasteiger partial charge in [-0.05, 0) is 50.0 Å². The lowest BCUT2D eigenvalue weighted by Crippen LogP contribution is -2.40. The van der Waals surface area contributed by atoms with Crippen LogP contribution in [0.3, 0.4) is 0 Å². The number of nitrogens with zero attached hydrogens (tertiary/aromatic N) is 1. The van der Waals surface area contributed by atoms with Gasteiger partial charge in [-0.15, -0.1) is 0 Å². The molecule has 1 aliphatic rings. The van der Waals surface area contributed by atoms with E-state index in [2.05, 4.69) is 29.3 Å². The van der Waals surface area contributed by atoms with Crippen molar-refractivity contribution in [2.75, 3.05) is 33.3 Å². The van der Waals surface area contributed by atoms with E-state index in [-0.39, 0.29) is 0 Å². The third kappa shape index (κ3) is 5.26. The molecular weight excluding hydrogens is 284 g/mol. The van der Waals surface area contributed by atoms with Crippen LogP contribution in [0.25, 0.3) is 0 Å². The van der Waals surface area contributed by atoms with Gasteiger partial charge in [0.15, 0.2) is 0 Å². The van der Waals surface area contributed by atoms with E-state index in [1.807, 2.05) is 19.2 Å². The molecular formula is C17H27ClN2O. The first-order valence-corrected chi connectivity index (χ1v) is 8.34. The van der Waals surface area contributed by atoms with Crippen molar-refractivity contribution in [3.63, 3.8) is 0 Å². The summed E-state index contributed by atoms with van der Waals surface area (Å²) >= 11 is 5.98. The molecule has 0 radical (unpaired) electrons. The highest BCUT2D eigenvalue weighted by molar-refractivity contribution is 6.30. The van der Waals surface area contributed by atoms with Crippen molar-refractivity contribution in [3.8, 4) is 0 Å². The minimum Gasteiger partial charge on any atom is -0.380 e. The second-order valence-electron chi connectivity index (χ2n) is 5.75. The van der Waals surface area contributed by atoms with E-state index in [0.29, 0.717) is 12.1 Å². The zero-order valence-corrected chi connectivity index (χ0v) is 13.9. The fourth-order valence-electron chi connectivity index (χ4n) is 3.05. The average Bonchev–Trinajstić information content (AvgIpc) is 2.52. The summed E-state index contributed by atoms with van der Waals surface area (Å²) < 4.78 is 5.50. The minimum absolute atomic E-state index is 0.398. The molecule has 118 valence electrons. The summed E-state index contributed by atoms with van der Waals surface area (Å²) in [5.41, 5.74) is 1.32. The molecule has 1 aromatic carbocycles. The molecule has 0 saturated carbocycles. The molecule has 3 nitrogen and oxygen atoms in total. The summed E-state index contributed by atoms with van der Waals surface area (Å²) in [4.78, 5) is 2.53. The summed E-state index contributed by atoms with van der Waals surface area (Å²) in [5, 5.41) is 4.38. The normalized spacial score (nSPS) is 21.4. The Morgan fingerprint density at radius 2 is 2.14 bits per heavy atom. The van der Waals surface area contributed by atoms with Crippen LogP contribution in [0, 0.1) is 0 Å². The van der Waals surface area contributed by atoms with Crippen LogP contribution in [0.1, 0.15) is 37.8 Å². The topological polar surface area (TPSA) is 24.5 Å². The van der Waals surface area contributed by atoms with Crippen LogP contribution < -0.4 is 5.32 Å². The van der Waals surface area contributed by atoms with Crippen molar-refractivity contribution in [1.29, 1.82) is 0 Å². The third-order valence-corrected chi connectivity index (χ3v) is 4.50. The Kier molecular flexibility index (Phi) is 6.97. The lowest BCUT2D eigenvalue weighted by Gasteiger charge is -2.33. The van der Waals surface area contributed by atoms with Crippen molar-refractivity contribution in [2.24, 2.45) is 0 Å². The molecule has 1 aliphatic heterocycles. The number of rotatable bonds is 7. The maximum atomic E-state index is 5.98. The molecule has 0 spiro atoms. The van der Waals surface area contributed by atoms with Crippen molar-refractivity contribution < 1.29 is 4.74 Å². The molecule has 1 saturated heterocycles. The number of benzene rings is 1. The summed E-state index contributed by atoms with van der Waals surface area (Å²) in [5.74, 6) is 0. The Labute approximate surface area is 133 Å². The second-order valence-corrected chi connectivity index (χ2v) is 6.19. The number of piperidine rings is 1. The number of halogens is 1. The summed E-state index contributed by atoms with van der Waals surface area (Å²) in [7, 11) is 1.82. The van der Waals surface area contributed by atoms with E-state index in [4.69, 9.17) is 16.3 Å². The van der Waals surface area contributed by atoms with Crippen molar-refractivity contribution >= 4 is 11.6 Å². The number of ether oxygens (including phenoxy) is 1. The van der Waals surface area contributed by atoms with E-state index < -0.39 is 0 Å². The standard InChI is InChI=1S/C17H27ClN2O/c1-3-19-17(14-6-8-15(18)9-7-14)10-12-20-11-4-5-16(13-20)21-2/h6-9,16-17,19H,3-5,10-13H2,1-2H3. The molecule has 0 bridgehead atoms. The van der Waals surface area contributed by atoms with Crippen LogP contribution in [0.15, 0.2) is 24.3 Å². The number of likely N-dealkylation sites (tertiary alicyclic amines) is 1. The quantitative estimate of drug-likeness (QED) is 0.834. The zero-order chi connectivity index (χ0) is 15.1. The van der Waals surface area contributed by atoms with E-state index in [1.165, 1.54) is 24.9 Å². The van der Waals surface area contributed by atoms with Gasteiger partial charge in [0.25, 0.3) is 0 Å². The molecule has 2 unspecified atom stereocenters. The Morgan fingerprint density at radius 1 is 1.38 bits per heavy atom. The highest BCUT2D eigenvalue weighted by Crippen LogP contribution is 2.21. The molecule has 1 N–H and O–H groups in total. The SMILES string of the molecule is CCNC(CCN1CCCC(OC)C1)c1ccc(Cl)cc1. The molecule has 21 heavy (non-hydrogen) atoms. The summed E-state index contributed by atoms with van der Waals surface area (Å²) in [6, 6.07) is 8.61. The van der Waals surface area contributed by atoms with Crippen LogP contribution >= 0.6 is 11.6 Å².